The maximum atomic E-state index is 13.5. The third-order valence-electron chi connectivity index (χ3n) is 4.21. The average molecular weight is 267 g/mol. The molecule has 0 spiro atoms. The van der Waals surface area contributed by atoms with Gasteiger partial charge in [-0.25, -0.2) is 8.78 Å². The monoisotopic (exact) mass is 267 g/mol. The third-order valence-corrected chi connectivity index (χ3v) is 4.21. The molecule has 3 atom stereocenters. The van der Waals surface area contributed by atoms with Crippen LogP contribution in [0.1, 0.15) is 43.5 Å². The molecule has 1 aliphatic rings. The van der Waals surface area contributed by atoms with Crippen molar-refractivity contribution in [1.82, 2.24) is 5.32 Å². The molecule has 0 saturated heterocycles. The molecule has 19 heavy (non-hydrogen) atoms. The van der Waals surface area contributed by atoms with Gasteiger partial charge < -0.3 is 5.32 Å². The Hall–Kier alpha value is -1.45. The van der Waals surface area contributed by atoms with Crippen LogP contribution in [-0.4, -0.2) is 11.9 Å². The van der Waals surface area contributed by atoms with E-state index in [2.05, 4.69) is 19.2 Å². The van der Waals surface area contributed by atoms with E-state index in [0.29, 0.717) is 11.8 Å². The van der Waals surface area contributed by atoms with Gasteiger partial charge in [-0.3, -0.25) is 4.79 Å². The molecule has 0 aliphatic heterocycles. The van der Waals surface area contributed by atoms with Crippen LogP contribution in [0.15, 0.2) is 18.2 Å². The minimum atomic E-state index is -0.811. The van der Waals surface area contributed by atoms with E-state index in [4.69, 9.17) is 0 Å². The molecule has 0 heterocycles. The van der Waals surface area contributed by atoms with Crippen LogP contribution in [0.2, 0.25) is 0 Å². The second-order valence-corrected chi connectivity index (χ2v) is 5.44. The summed E-state index contributed by atoms with van der Waals surface area (Å²) in [5.41, 5.74) is -0.479. The predicted molar refractivity (Wildman–Crippen MR) is 69.8 cm³/mol. The standard InChI is InChI=1S/C15H19F2NO/c1-9-5-3-8-13(10(9)2)18-15(19)14-11(16)6-4-7-12(14)17/h4,6-7,9-10,13H,3,5,8H2,1-2H3,(H,18,19)/t9-,10+,13-/m1/s1. The zero-order valence-corrected chi connectivity index (χ0v) is 11.2. The van der Waals surface area contributed by atoms with Gasteiger partial charge >= 0.3 is 0 Å². The van der Waals surface area contributed by atoms with E-state index >= 15 is 0 Å². The minimum Gasteiger partial charge on any atom is -0.349 e. The number of hydrogen-bond donors (Lipinski definition) is 1. The van der Waals surface area contributed by atoms with Crippen LogP contribution in [-0.2, 0) is 0 Å². The van der Waals surface area contributed by atoms with Crippen molar-refractivity contribution in [2.45, 2.75) is 39.2 Å². The van der Waals surface area contributed by atoms with Crippen molar-refractivity contribution in [1.29, 1.82) is 0 Å². The summed E-state index contributed by atoms with van der Waals surface area (Å²) in [6.07, 6.45) is 3.05. The van der Waals surface area contributed by atoms with Gasteiger partial charge in [0.05, 0.1) is 0 Å². The van der Waals surface area contributed by atoms with Crippen LogP contribution < -0.4 is 5.32 Å². The third kappa shape index (κ3) is 2.94. The number of carbonyl (C=O) groups excluding carboxylic acids is 1. The first-order valence-corrected chi connectivity index (χ1v) is 6.75. The number of nitrogens with one attached hydrogen (secondary N) is 1. The van der Waals surface area contributed by atoms with Crippen molar-refractivity contribution in [3.8, 4) is 0 Å². The molecule has 4 heteroatoms. The normalized spacial score (nSPS) is 27.1. The van der Waals surface area contributed by atoms with Gasteiger partial charge in [0, 0.05) is 6.04 Å². The summed E-state index contributed by atoms with van der Waals surface area (Å²) in [6.45, 7) is 4.22. The van der Waals surface area contributed by atoms with Gasteiger partial charge in [-0.2, -0.15) is 0 Å². The summed E-state index contributed by atoms with van der Waals surface area (Å²) in [4.78, 5) is 12.0. The number of benzene rings is 1. The Labute approximate surface area is 112 Å². The summed E-state index contributed by atoms with van der Waals surface area (Å²) < 4.78 is 27.1. The summed E-state index contributed by atoms with van der Waals surface area (Å²) in [7, 11) is 0. The fraction of sp³-hybridized carbons (Fsp3) is 0.533. The number of halogens is 2. The van der Waals surface area contributed by atoms with Gasteiger partial charge in [-0.05, 0) is 30.4 Å². The Balaban J connectivity index is 2.13. The SMILES string of the molecule is C[C@H]1[C@H](C)CCC[C@H]1NC(=O)c1c(F)cccc1F. The van der Waals surface area contributed by atoms with Crippen molar-refractivity contribution in [3.63, 3.8) is 0 Å². The van der Waals surface area contributed by atoms with Gasteiger partial charge in [0.25, 0.3) is 5.91 Å². The Morgan fingerprint density at radius 2 is 1.84 bits per heavy atom. The highest BCUT2D eigenvalue weighted by Gasteiger charge is 2.29. The Bertz CT molecular complexity index is 455. The zero-order valence-electron chi connectivity index (χ0n) is 11.2. The van der Waals surface area contributed by atoms with E-state index in [1.807, 2.05) is 0 Å². The smallest absolute Gasteiger partial charge is 0.257 e. The van der Waals surface area contributed by atoms with Crippen molar-refractivity contribution in [2.75, 3.05) is 0 Å². The van der Waals surface area contributed by atoms with Gasteiger partial charge in [0.2, 0.25) is 0 Å². The fourth-order valence-corrected chi connectivity index (χ4v) is 2.74. The molecule has 0 unspecified atom stereocenters. The first kappa shape index (κ1) is 14.0. The van der Waals surface area contributed by atoms with Gasteiger partial charge in [0.1, 0.15) is 17.2 Å². The molecule has 0 aromatic heterocycles. The van der Waals surface area contributed by atoms with Crippen LogP contribution in [0.25, 0.3) is 0 Å². The van der Waals surface area contributed by atoms with Gasteiger partial charge in [-0.1, -0.05) is 32.8 Å². The molecular formula is C15H19F2NO. The maximum Gasteiger partial charge on any atom is 0.257 e. The maximum absolute atomic E-state index is 13.5. The highest BCUT2D eigenvalue weighted by molar-refractivity contribution is 5.94. The number of rotatable bonds is 2. The fourth-order valence-electron chi connectivity index (χ4n) is 2.74. The molecule has 1 saturated carbocycles. The quantitative estimate of drug-likeness (QED) is 0.872. The lowest BCUT2D eigenvalue weighted by Gasteiger charge is -2.34. The van der Waals surface area contributed by atoms with Gasteiger partial charge in [0.15, 0.2) is 0 Å². The first-order valence-electron chi connectivity index (χ1n) is 6.75. The summed E-state index contributed by atoms with van der Waals surface area (Å²) in [5, 5.41) is 2.78. The Kier molecular flexibility index (Phi) is 4.17. The number of carbonyl (C=O) groups is 1. The van der Waals surface area contributed by atoms with E-state index in [-0.39, 0.29) is 6.04 Å². The highest BCUT2D eigenvalue weighted by atomic mass is 19.1. The van der Waals surface area contributed by atoms with Crippen LogP contribution >= 0.6 is 0 Å². The Morgan fingerprint density at radius 1 is 1.21 bits per heavy atom. The van der Waals surface area contributed by atoms with E-state index in [9.17, 15) is 13.6 Å². The van der Waals surface area contributed by atoms with Crippen LogP contribution in [0.5, 0.6) is 0 Å². The number of amides is 1. The van der Waals surface area contributed by atoms with Crippen molar-refractivity contribution < 1.29 is 13.6 Å². The molecule has 0 bridgehead atoms. The van der Waals surface area contributed by atoms with Crippen molar-refractivity contribution >= 4 is 5.91 Å². The highest BCUT2D eigenvalue weighted by Crippen LogP contribution is 2.29. The lowest BCUT2D eigenvalue weighted by Crippen LogP contribution is -2.44. The van der Waals surface area contributed by atoms with E-state index in [0.717, 1.165) is 31.4 Å². The summed E-state index contributed by atoms with van der Waals surface area (Å²) in [6, 6.07) is 3.46. The predicted octanol–water partition coefficient (Wildman–Crippen LogP) is 3.52. The second-order valence-electron chi connectivity index (χ2n) is 5.44. The Morgan fingerprint density at radius 3 is 2.47 bits per heavy atom. The molecule has 1 fully saturated rings. The molecule has 2 nitrogen and oxygen atoms in total. The topological polar surface area (TPSA) is 29.1 Å². The molecule has 1 aromatic carbocycles. The first-order chi connectivity index (χ1) is 9.00. The van der Waals surface area contributed by atoms with E-state index < -0.39 is 23.1 Å². The van der Waals surface area contributed by atoms with Crippen molar-refractivity contribution in [3.05, 3.63) is 35.4 Å². The summed E-state index contributed by atoms with van der Waals surface area (Å²) >= 11 is 0. The van der Waals surface area contributed by atoms with Crippen LogP contribution in [0, 0.1) is 23.5 Å². The average Bonchev–Trinajstić information content (AvgIpc) is 2.35. The molecule has 1 amide bonds. The van der Waals surface area contributed by atoms with Crippen molar-refractivity contribution in [2.24, 2.45) is 11.8 Å². The number of hydrogen-bond acceptors (Lipinski definition) is 1. The molecule has 1 aliphatic carbocycles. The molecule has 2 rings (SSSR count). The molecule has 1 N–H and O–H groups in total. The minimum absolute atomic E-state index is 0.00439. The van der Waals surface area contributed by atoms with Crippen LogP contribution in [0.3, 0.4) is 0 Å². The lowest BCUT2D eigenvalue weighted by molar-refractivity contribution is 0.0882. The molecule has 104 valence electrons. The van der Waals surface area contributed by atoms with E-state index in [1.54, 1.807) is 0 Å². The van der Waals surface area contributed by atoms with E-state index in [1.165, 1.54) is 6.07 Å². The molecule has 1 aromatic rings. The largest absolute Gasteiger partial charge is 0.349 e. The molecular weight excluding hydrogens is 248 g/mol. The molecule has 0 radical (unpaired) electrons. The second kappa shape index (κ2) is 5.68. The summed E-state index contributed by atoms with van der Waals surface area (Å²) in [5.74, 6) is -1.43. The lowest BCUT2D eigenvalue weighted by atomic mass is 9.78. The zero-order chi connectivity index (χ0) is 14.0. The van der Waals surface area contributed by atoms with Crippen LogP contribution in [0.4, 0.5) is 8.78 Å². The van der Waals surface area contributed by atoms with Gasteiger partial charge in [-0.15, -0.1) is 0 Å².